The number of rotatable bonds is 10. The summed E-state index contributed by atoms with van der Waals surface area (Å²) in [4.78, 5) is 28.6. The van der Waals surface area contributed by atoms with Gasteiger partial charge in [0.25, 0.3) is 0 Å². The number of ether oxygens (including phenoxy) is 1. The number of urea groups is 1. The van der Waals surface area contributed by atoms with E-state index in [9.17, 15) is 23.5 Å². The fraction of sp³-hybridized carbons (Fsp3) is 0.185. The Kier molecular flexibility index (Phi) is 9.63. The summed E-state index contributed by atoms with van der Waals surface area (Å²) in [5.74, 6) is -1.77. The van der Waals surface area contributed by atoms with Crippen molar-refractivity contribution in [2.24, 2.45) is 11.5 Å². The van der Waals surface area contributed by atoms with Gasteiger partial charge < -0.3 is 26.6 Å². The number of thiophene rings is 1. The molecule has 0 spiro atoms. The number of nitrogens with two attached hydrogens (primary N) is 2. The minimum Gasteiger partial charge on any atom is -0.483 e. The van der Waals surface area contributed by atoms with E-state index in [4.69, 9.17) is 16.2 Å². The third-order valence-corrected chi connectivity index (χ3v) is 7.24. The van der Waals surface area contributed by atoms with E-state index in [1.54, 1.807) is 19.2 Å². The van der Waals surface area contributed by atoms with Gasteiger partial charge in [0.2, 0.25) is 0 Å². The molecule has 0 fully saturated rings. The third kappa shape index (κ3) is 6.36. The normalized spacial score (nSPS) is 11.7. The van der Waals surface area contributed by atoms with Crippen LogP contribution >= 0.6 is 11.3 Å². The molecule has 2 aromatic carbocycles. The first-order chi connectivity index (χ1) is 18.7. The topological polar surface area (TPSA) is 134 Å². The second-order valence-electron chi connectivity index (χ2n) is 8.22. The van der Waals surface area contributed by atoms with Gasteiger partial charge in [0, 0.05) is 41.9 Å². The molecule has 1 aromatic heterocycles. The number of nitrogens with zero attached hydrogens (tertiary/aromatic N) is 2. The molecule has 0 atom stereocenters. The number of hydrogen-bond acceptors (Lipinski definition) is 8. The van der Waals surface area contributed by atoms with Gasteiger partial charge in [0.1, 0.15) is 22.5 Å². The molecule has 3 rings (SSSR count). The number of halogens is 2. The van der Waals surface area contributed by atoms with Crippen molar-refractivity contribution >= 4 is 34.3 Å². The van der Waals surface area contributed by atoms with Crippen LogP contribution in [0.3, 0.4) is 0 Å². The lowest BCUT2D eigenvalue weighted by molar-refractivity contribution is 0.112. The van der Waals surface area contributed by atoms with E-state index in [0.29, 0.717) is 16.7 Å². The van der Waals surface area contributed by atoms with E-state index in [1.165, 1.54) is 32.4 Å². The van der Waals surface area contributed by atoms with Crippen LogP contribution in [-0.4, -0.2) is 43.5 Å². The Morgan fingerprint density at radius 1 is 1.10 bits per heavy atom. The van der Waals surface area contributed by atoms with Crippen molar-refractivity contribution in [3.05, 3.63) is 94.6 Å². The van der Waals surface area contributed by atoms with Gasteiger partial charge in [0.05, 0.1) is 25.8 Å². The van der Waals surface area contributed by atoms with Crippen LogP contribution in [0.25, 0.3) is 10.4 Å². The summed E-state index contributed by atoms with van der Waals surface area (Å²) < 4.78 is 34.2. The average molecular weight is 558 g/mol. The number of carbonyl (C=O) groups is 2. The Morgan fingerprint density at radius 2 is 1.74 bits per heavy atom. The number of benzene rings is 2. The first-order valence-electron chi connectivity index (χ1n) is 11.6. The summed E-state index contributed by atoms with van der Waals surface area (Å²) >= 11 is 1.03. The largest absolute Gasteiger partial charge is 0.483 e. The number of hydrogen-bond donors (Lipinski definition) is 4. The highest BCUT2D eigenvalue weighted by Crippen LogP contribution is 2.43. The van der Waals surface area contributed by atoms with E-state index < -0.39 is 30.8 Å². The van der Waals surface area contributed by atoms with Gasteiger partial charge in [-0.05, 0) is 35.9 Å². The quantitative estimate of drug-likeness (QED) is 0.165. The van der Waals surface area contributed by atoms with Crippen LogP contribution in [0.4, 0.5) is 24.3 Å². The fourth-order valence-electron chi connectivity index (χ4n) is 3.67. The predicted molar refractivity (Wildman–Crippen MR) is 148 cm³/mol. The lowest BCUT2D eigenvalue weighted by Gasteiger charge is -2.28. The van der Waals surface area contributed by atoms with Gasteiger partial charge in [-0.15, -0.1) is 11.3 Å². The molecule has 39 heavy (non-hydrogen) atoms. The van der Waals surface area contributed by atoms with E-state index >= 15 is 0 Å². The summed E-state index contributed by atoms with van der Waals surface area (Å²) in [6, 6.07) is 9.76. The highest BCUT2D eigenvalue weighted by atomic mass is 32.1. The maximum absolute atomic E-state index is 14.7. The third-order valence-electron chi connectivity index (χ3n) is 5.92. The van der Waals surface area contributed by atoms with Crippen molar-refractivity contribution in [2.45, 2.75) is 13.2 Å². The molecule has 1 heterocycles. The SMILES string of the molecule is CNc1ccc(-c2sc(N(Cc3c(F)cccc3F)C(=O)N(C)/C(N)=C/C=C(\N)OC)c(C=O)c2CO)cc1. The number of carbonyl (C=O) groups excluding carboxylic acids is 2. The number of methoxy groups -OCH3 is 1. The van der Waals surface area contributed by atoms with E-state index in [2.05, 4.69) is 5.32 Å². The molecule has 0 aliphatic heterocycles. The molecule has 0 saturated heterocycles. The minimum absolute atomic E-state index is 0.0137. The van der Waals surface area contributed by atoms with Gasteiger partial charge in [-0.3, -0.25) is 14.6 Å². The summed E-state index contributed by atoms with van der Waals surface area (Å²) in [6.45, 7) is -1.07. The van der Waals surface area contributed by atoms with Crippen LogP contribution in [0.2, 0.25) is 0 Å². The molecule has 6 N–H and O–H groups in total. The van der Waals surface area contributed by atoms with Crippen LogP contribution in [0.5, 0.6) is 0 Å². The van der Waals surface area contributed by atoms with Crippen molar-refractivity contribution in [3.63, 3.8) is 0 Å². The molecule has 0 unspecified atom stereocenters. The summed E-state index contributed by atoms with van der Waals surface area (Å²) in [6.07, 6.45) is 3.16. The first-order valence-corrected chi connectivity index (χ1v) is 12.4. The zero-order chi connectivity index (χ0) is 28.7. The van der Waals surface area contributed by atoms with Crippen LogP contribution in [0.15, 0.2) is 66.3 Å². The zero-order valence-corrected chi connectivity index (χ0v) is 22.4. The highest BCUT2D eigenvalue weighted by molar-refractivity contribution is 7.20. The Hall–Kier alpha value is -4.42. The van der Waals surface area contributed by atoms with Crippen molar-refractivity contribution in [2.75, 3.05) is 31.4 Å². The Morgan fingerprint density at radius 3 is 2.28 bits per heavy atom. The summed E-state index contributed by atoms with van der Waals surface area (Å²) in [5.41, 5.74) is 13.1. The van der Waals surface area contributed by atoms with Crippen molar-refractivity contribution in [1.82, 2.24) is 4.90 Å². The lowest BCUT2D eigenvalue weighted by Crippen LogP contribution is -2.42. The van der Waals surface area contributed by atoms with Crippen LogP contribution in [0.1, 0.15) is 21.5 Å². The number of aliphatic hydroxyl groups excluding tert-OH is 1. The van der Waals surface area contributed by atoms with Gasteiger partial charge in [-0.25, -0.2) is 13.6 Å². The molecule has 0 radical (unpaired) electrons. The fourth-order valence-corrected chi connectivity index (χ4v) is 4.95. The Bertz CT molecular complexity index is 1390. The standard InChI is InChI=1S/C27H29F2N5O4S/c1-32-17-9-7-16(8-10-17)25-19(14-35)20(15-36)26(39-25)34(13-18-21(28)5-4-6-22(18)29)27(37)33(2)23(30)11-12-24(31)38-3/h4-12,15,32,35H,13-14,30-31H2,1-3H3/b23-11+,24-12+. The number of anilines is 2. The molecule has 2 amide bonds. The summed E-state index contributed by atoms with van der Waals surface area (Å²) in [5, 5.41) is 13.3. The molecule has 12 heteroatoms. The van der Waals surface area contributed by atoms with Crippen molar-refractivity contribution in [1.29, 1.82) is 0 Å². The van der Waals surface area contributed by atoms with Crippen LogP contribution in [-0.2, 0) is 17.9 Å². The van der Waals surface area contributed by atoms with Crippen molar-refractivity contribution in [3.8, 4) is 10.4 Å². The number of amides is 2. The lowest BCUT2D eigenvalue weighted by atomic mass is 10.1. The van der Waals surface area contributed by atoms with Gasteiger partial charge in [-0.1, -0.05) is 18.2 Å². The first kappa shape index (κ1) is 29.1. The predicted octanol–water partition coefficient (Wildman–Crippen LogP) is 4.34. The molecule has 0 bridgehead atoms. The minimum atomic E-state index is -0.871. The highest BCUT2D eigenvalue weighted by Gasteiger charge is 2.30. The number of nitrogens with one attached hydrogen (secondary N) is 1. The maximum Gasteiger partial charge on any atom is 0.330 e. The molecule has 0 saturated carbocycles. The van der Waals surface area contributed by atoms with Crippen LogP contribution in [0, 0.1) is 11.6 Å². The molecule has 0 aliphatic carbocycles. The molecule has 0 aliphatic rings. The summed E-state index contributed by atoms with van der Waals surface area (Å²) in [7, 11) is 4.48. The molecule has 9 nitrogen and oxygen atoms in total. The molecular formula is C27H29F2N5O4S. The smallest absolute Gasteiger partial charge is 0.330 e. The number of aldehydes is 1. The van der Waals surface area contributed by atoms with Gasteiger partial charge >= 0.3 is 6.03 Å². The van der Waals surface area contributed by atoms with E-state index in [-0.39, 0.29) is 33.4 Å². The maximum atomic E-state index is 14.7. The molecule has 3 aromatic rings. The molecular weight excluding hydrogens is 528 g/mol. The van der Waals surface area contributed by atoms with E-state index in [1.807, 2.05) is 12.1 Å². The second kappa shape index (κ2) is 12.9. The van der Waals surface area contributed by atoms with Gasteiger partial charge in [-0.2, -0.15) is 0 Å². The molecule has 206 valence electrons. The average Bonchev–Trinajstić information content (AvgIpc) is 3.33. The van der Waals surface area contributed by atoms with E-state index in [0.717, 1.165) is 39.0 Å². The zero-order valence-electron chi connectivity index (χ0n) is 21.6. The monoisotopic (exact) mass is 557 g/mol. The van der Waals surface area contributed by atoms with Crippen molar-refractivity contribution < 1.29 is 28.2 Å². The van der Waals surface area contributed by atoms with Crippen LogP contribution < -0.4 is 21.7 Å². The Labute approximate surface area is 228 Å². The van der Waals surface area contributed by atoms with Gasteiger partial charge in [0.15, 0.2) is 12.2 Å². The number of allylic oxidation sites excluding steroid dienone is 2. The Balaban J connectivity index is 2.19. The second-order valence-corrected chi connectivity index (χ2v) is 9.22. The number of aliphatic hydroxyl groups is 1.